The standard InChI is InChI=1S/C15H15F6NO/c1-9-3-2-4-22(8-9)13(23)10-5-11(14(16,17)18)7-12(6-10)15(19,20)21/h5-7,9H,2-4,8H2,1H3. The van der Waals surface area contributed by atoms with Crippen molar-refractivity contribution < 1.29 is 31.1 Å². The number of hydrogen-bond donors (Lipinski definition) is 0. The van der Waals surface area contributed by atoms with Gasteiger partial charge in [0, 0.05) is 18.7 Å². The summed E-state index contributed by atoms with van der Waals surface area (Å²) in [6.07, 6.45) is -8.35. The van der Waals surface area contributed by atoms with E-state index < -0.39 is 35.0 Å². The van der Waals surface area contributed by atoms with Gasteiger partial charge in [-0.15, -0.1) is 0 Å². The van der Waals surface area contributed by atoms with Crippen LogP contribution in [0.1, 0.15) is 41.3 Å². The maximum Gasteiger partial charge on any atom is 0.416 e. The van der Waals surface area contributed by atoms with Gasteiger partial charge in [-0.3, -0.25) is 4.79 Å². The van der Waals surface area contributed by atoms with E-state index >= 15 is 0 Å². The van der Waals surface area contributed by atoms with E-state index in [1.54, 1.807) is 0 Å². The molecular formula is C15H15F6NO. The lowest BCUT2D eigenvalue weighted by Crippen LogP contribution is -2.39. The molecule has 23 heavy (non-hydrogen) atoms. The second-order valence-electron chi connectivity index (χ2n) is 5.79. The van der Waals surface area contributed by atoms with Crippen LogP contribution in [0.3, 0.4) is 0 Å². The summed E-state index contributed by atoms with van der Waals surface area (Å²) in [5.74, 6) is -0.631. The highest BCUT2D eigenvalue weighted by Gasteiger charge is 2.38. The van der Waals surface area contributed by atoms with Crippen molar-refractivity contribution in [3.63, 3.8) is 0 Å². The lowest BCUT2D eigenvalue weighted by atomic mass is 9.98. The maximum atomic E-state index is 12.8. The maximum absolute atomic E-state index is 12.8. The second-order valence-corrected chi connectivity index (χ2v) is 5.79. The second kappa shape index (κ2) is 6.05. The van der Waals surface area contributed by atoms with Gasteiger partial charge in [-0.2, -0.15) is 26.3 Å². The zero-order valence-corrected chi connectivity index (χ0v) is 12.3. The molecule has 1 unspecified atom stereocenters. The van der Waals surface area contributed by atoms with E-state index in [0.29, 0.717) is 31.6 Å². The molecule has 1 saturated heterocycles. The third-order valence-electron chi connectivity index (χ3n) is 3.78. The number of carbonyl (C=O) groups is 1. The minimum absolute atomic E-state index is 0.0234. The Morgan fingerprint density at radius 2 is 1.57 bits per heavy atom. The molecule has 0 bridgehead atoms. The van der Waals surface area contributed by atoms with Gasteiger partial charge in [0.2, 0.25) is 0 Å². The number of amides is 1. The van der Waals surface area contributed by atoms with Crippen molar-refractivity contribution in [3.05, 3.63) is 34.9 Å². The number of nitrogens with zero attached hydrogens (tertiary/aromatic N) is 1. The van der Waals surface area contributed by atoms with Crippen LogP contribution in [-0.4, -0.2) is 23.9 Å². The summed E-state index contributed by atoms with van der Waals surface area (Å²) in [6, 6.07) is 0.989. The van der Waals surface area contributed by atoms with Gasteiger partial charge in [-0.05, 0) is 37.0 Å². The van der Waals surface area contributed by atoms with E-state index in [9.17, 15) is 31.1 Å². The molecule has 0 aliphatic carbocycles. The van der Waals surface area contributed by atoms with Crippen molar-refractivity contribution in [2.24, 2.45) is 5.92 Å². The number of halogens is 6. The van der Waals surface area contributed by atoms with Crippen LogP contribution >= 0.6 is 0 Å². The highest BCUT2D eigenvalue weighted by Crippen LogP contribution is 2.36. The summed E-state index contributed by atoms with van der Waals surface area (Å²) in [5, 5.41) is 0. The molecule has 0 N–H and O–H groups in total. The van der Waals surface area contributed by atoms with Crippen LogP contribution in [0.25, 0.3) is 0 Å². The fourth-order valence-electron chi connectivity index (χ4n) is 2.63. The monoisotopic (exact) mass is 339 g/mol. The van der Waals surface area contributed by atoms with E-state index in [4.69, 9.17) is 0 Å². The average molecular weight is 339 g/mol. The number of likely N-dealkylation sites (tertiary alicyclic amines) is 1. The lowest BCUT2D eigenvalue weighted by molar-refractivity contribution is -0.143. The molecule has 2 nitrogen and oxygen atoms in total. The molecular weight excluding hydrogens is 324 g/mol. The molecule has 0 radical (unpaired) electrons. The molecule has 1 atom stereocenters. The predicted molar refractivity (Wildman–Crippen MR) is 70.7 cm³/mol. The Morgan fingerprint density at radius 3 is 2.00 bits per heavy atom. The SMILES string of the molecule is CC1CCCN(C(=O)c2cc(C(F)(F)F)cc(C(F)(F)F)c2)C1. The Balaban J connectivity index is 2.42. The van der Waals surface area contributed by atoms with Gasteiger partial charge < -0.3 is 4.90 Å². The summed E-state index contributed by atoms with van der Waals surface area (Å²) in [5.41, 5.74) is -3.53. The molecule has 0 spiro atoms. The highest BCUT2D eigenvalue weighted by atomic mass is 19.4. The number of benzene rings is 1. The van der Waals surface area contributed by atoms with Crippen molar-refractivity contribution in [1.29, 1.82) is 0 Å². The number of rotatable bonds is 1. The Hall–Kier alpha value is -1.73. The van der Waals surface area contributed by atoms with Crippen molar-refractivity contribution >= 4 is 5.91 Å². The molecule has 2 rings (SSSR count). The summed E-state index contributed by atoms with van der Waals surface area (Å²) in [4.78, 5) is 13.6. The van der Waals surface area contributed by atoms with Crippen LogP contribution in [0.15, 0.2) is 18.2 Å². The summed E-state index contributed by atoms with van der Waals surface area (Å²) in [7, 11) is 0. The predicted octanol–water partition coefficient (Wildman–Crippen LogP) is 4.60. The summed E-state index contributed by atoms with van der Waals surface area (Å²) in [6.45, 7) is 2.55. The smallest absolute Gasteiger partial charge is 0.338 e. The number of carbonyl (C=O) groups excluding carboxylic acids is 1. The Labute approximate surface area is 129 Å². The first-order valence-electron chi connectivity index (χ1n) is 7.07. The highest BCUT2D eigenvalue weighted by molar-refractivity contribution is 5.94. The fraction of sp³-hybridized carbons (Fsp3) is 0.533. The molecule has 1 aromatic rings. The molecule has 1 heterocycles. The number of hydrogen-bond acceptors (Lipinski definition) is 1. The zero-order valence-electron chi connectivity index (χ0n) is 12.3. The molecule has 1 aromatic carbocycles. The molecule has 1 fully saturated rings. The van der Waals surface area contributed by atoms with Crippen LogP contribution < -0.4 is 0 Å². The van der Waals surface area contributed by atoms with E-state index in [1.165, 1.54) is 4.90 Å². The van der Waals surface area contributed by atoms with Gasteiger partial charge in [-0.1, -0.05) is 6.92 Å². The van der Waals surface area contributed by atoms with Crippen molar-refractivity contribution in [1.82, 2.24) is 4.90 Å². The minimum Gasteiger partial charge on any atom is -0.338 e. The average Bonchev–Trinajstić information content (AvgIpc) is 2.44. The van der Waals surface area contributed by atoms with Crippen LogP contribution in [0.4, 0.5) is 26.3 Å². The number of piperidine rings is 1. The van der Waals surface area contributed by atoms with Crippen LogP contribution in [0.2, 0.25) is 0 Å². The summed E-state index contributed by atoms with van der Waals surface area (Å²) >= 11 is 0. The molecule has 1 aliphatic rings. The molecule has 1 aliphatic heterocycles. The number of alkyl halides is 6. The van der Waals surface area contributed by atoms with E-state index in [0.717, 1.165) is 6.42 Å². The van der Waals surface area contributed by atoms with Crippen molar-refractivity contribution in [2.75, 3.05) is 13.1 Å². The molecule has 0 aromatic heterocycles. The molecule has 0 saturated carbocycles. The zero-order chi connectivity index (χ0) is 17.4. The normalized spacial score (nSPS) is 19.8. The van der Waals surface area contributed by atoms with Gasteiger partial charge in [0.25, 0.3) is 5.91 Å². The van der Waals surface area contributed by atoms with E-state index in [2.05, 4.69) is 0 Å². The molecule has 128 valence electrons. The Bertz CT molecular complexity index is 560. The van der Waals surface area contributed by atoms with Crippen molar-refractivity contribution in [2.45, 2.75) is 32.1 Å². The molecule has 8 heteroatoms. The topological polar surface area (TPSA) is 20.3 Å². The lowest BCUT2D eigenvalue weighted by Gasteiger charge is -2.31. The third-order valence-corrected chi connectivity index (χ3v) is 3.78. The van der Waals surface area contributed by atoms with Crippen LogP contribution in [0.5, 0.6) is 0 Å². The first-order valence-corrected chi connectivity index (χ1v) is 7.07. The Morgan fingerprint density at radius 1 is 1.04 bits per heavy atom. The van der Waals surface area contributed by atoms with Gasteiger partial charge >= 0.3 is 12.4 Å². The first-order chi connectivity index (χ1) is 10.5. The van der Waals surface area contributed by atoms with Crippen LogP contribution in [0, 0.1) is 5.92 Å². The first kappa shape index (κ1) is 17.6. The van der Waals surface area contributed by atoms with Crippen LogP contribution in [-0.2, 0) is 12.4 Å². The quantitative estimate of drug-likeness (QED) is 0.685. The van der Waals surface area contributed by atoms with Gasteiger partial charge in [0.05, 0.1) is 11.1 Å². The molecule has 1 amide bonds. The fourth-order valence-corrected chi connectivity index (χ4v) is 2.63. The largest absolute Gasteiger partial charge is 0.416 e. The minimum atomic E-state index is -4.95. The van der Waals surface area contributed by atoms with Gasteiger partial charge in [0.15, 0.2) is 0 Å². The van der Waals surface area contributed by atoms with E-state index in [1.807, 2.05) is 6.92 Å². The van der Waals surface area contributed by atoms with Crippen molar-refractivity contribution in [3.8, 4) is 0 Å². The van der Waals surface area contributed by atoms with Gasteiger partial charge in [-0.25, -0.2) is 0 Å². The Kier molecular flexibility index (Phi) is 4.64. The van der Waals surface area contributed by atoms with Gasteiger partial charge in [0.1, 0.15) is 0 Å². The summed E-state index contributed by atoms with van der Waals surface area (Å²) < 4.78 is 76.9. The third kappa shape index (κ3) is 4.17. The van der Waals surface area contributed by atoms with E-state index in [-0.39, 0.29) is 12.0 Å².